The van der Waals surface area contributed by atoms with Gasteiger partial charge in [0.25, 0.3) is 0 Å². The molecule has 2 atom stereocenters. The molecule has 5 heteroatoms. The van der Waals surface area contributed by atoms with Crippen molar-refractivity contribution in [3.8, 4) is 0 Å². The Morgan fingerprint density at radius 3 is 2.71 bits per heavy atom. The van der Waals surface area contributed by atoms with Crippen molar-refractivity contribution in [1.82, 2.24) is 0 Å². The van der Waals surface area contributed by atoms with Crippen LogP contribution in [-0.4, -0.2) is 25.4 Å². The lowest BCUT2D eigenvalue weighted by Gasteiger charge is -2.44. The van der Waals surface area contributed by atoms with Gasteiger partial charge in [-0.3, -0.25) is 0 Å². The molecule has 0 aromatic heterocycles. The average Bonchev–Trinajstić information content (AvgIpc) is 2.46. The lowest BCUT2D eigenvalue weighted by molar-refractivity contribution is -0.149. The van der Waals surface area contributed by atoms with Crippen LogP contribution in [0.3, 0.4) is 0 Å². The van der Waals surface area contributed by atoms with Crippen LogP contribution in [0.2, 0.25) is 0 Å². The van der Waals surface area contributed by atoms with Gasteiger partial charge in [-0.2, -0.15) is 0 Å². The van der Waals surface area contributed by atoms with E-state index in [4.69, 9.17) is 15.2 Å². The average molecular weight is 358 g/mol. The normalized spacial score (nSPS) is 26.7. The Bertz CT molecular complexity index is 479. The number of nitrogens with two attached hydrogens (primary N) is 1. The van der Waals surface area contributed by atoms with Gasteiger partial charge in [0, 0.05) is 30.3 Å². The molecular formula is C16H21BrFNO2. The minimum absolute atomic E-state index is 0.0800. The Kier molecular flexibility index (Phi) is 4.64. The summed E-state index contributed by atoms with van der Waals surface area (Å²) in [5.41, 5.74) is 7.20. The minimum Gasteiger partial charge on any atom is -0.381 e. The summed E-state index contributed by atoms with van der Waals surface area (Å²) in [4.78, 5) is 0. The van der Waals surface area contributed by atoms with Crippen molar-refractivity contribution < 1.29 is 13.9 Å². The molecule has 2 unspecified atom stereocenters. The van der Waals surface area contributed by atoms with Crippen LogP contribution in [0.25, 0.3) is 0 Å². The second-order valence-corrected chi connectivity index (χ2v) is 7.04. The molecule has 3 rings (SSSR count). The van der Waals surface area contributed by atoms with Crippen LogP contribution in [0.4, 0.5) is 4.39 Å². The van der Waals surface area contributed by atoms with Crippen molar-refractivity contribution in [1.29, 1.82) is 0 Å². The third kappa shape index (κ3) is 3.47. The first kappa shape index (κ1) is 15.4. The molecule has 2 N–H and O–H groups in total. The van der Waals surface area contributed by atoms with E-state index in [2.05, 4.69) is 15.9 Å². The van der Waals surface area contributed by atoms with Gasteiger partial charge in [0.1, 0.15) is 5.82 Å². The smallest absolute Gasteiger partial charge is 0.124 e. The van der Waals surface area contributed by atoms with Gasteiger partial charge in [-0.1, -0.05) is 15.9 Å². The molecule has 3 nitrogen and oxygen atoms in total. The summed E-state index contributed by atoms with van der Waals surface area (Å²) in [7, 11) is 0. The topological polar surface area (TPSA) is 44.5 Å². The molecule has 0 bridgehead atoms. The van der Waals surface area contributed by atoms with E-state index in [0.29, 0.717) is 5.92 Å². The zero-order valence-corrected chi connectivity index (χ0v) is 13.6. The SMILES string of the molecule is NC(c1cc(F)cc(Br)c1)C1CCOC2(CCOCC2)C1. The van der Waals surface area contributed by atoms with Crippen molar-refractivity contribution >= 4 is 15.9 Å². The number of halogens is 2. The molecule has 0 saturated carbocycles. The lowest BCUT2D eigenvalue weighted by Crippen LogP contribution is -2.46. The van der Waals surface area contributed by atoms with Gasteiger partial charge in [0.05, 0.1) is 5.60 Å². The van der Waals surface area contributed by atoms with Gasteiger partial charge in [-0.05, 0) is 55.4 Å². The molecule has 0 radical (unpaired) electrons. The lowest BCUT2D eigenvalue weighted by atomic mass is 9.76. The summed E-state index contributed by atoms with van der Waals surface area (Å²) >= 11 is 3.34. The molecule has 2 heterocycles. The van der Waals surface area contributed by atoms with Crippen LogP contribution < -0.4 is 5.73 Å². The third-order valence-corrected chi connectivity index (χ3v) is 5.17. The number of rotatable bonds is 2. The van der Waals surface area contributed by atoms with Gasteiger partial charge in [-0.15, -0.1) is 0 Å². The highest BCUT2D eigenvalue weighted by Crippen LogP contribution is 2.41. The number of benzene rings is 1. The van der Waals surface area contributed by atoms with Crippen LogP contribution in [0.15, 0.2) is 22.7 Å². The predicted octanol–water partition coefficient (Wildman–Crippen LogP) is 3.56. The third-order valence-electron chi connectivity index (χ3n) is 4.71. The van der Waals surface area contributed by atoms with Crippen molar-refractivity contribution in [3.63, 3.8) is 0 Å². The molecule has 21 heavy (non-hydrogen) atoms. The Labute approximate surface area is 133 Å². The van der Waals surface area contributed by atoms with Gasteiger partial charge in [-0.25, -0.2) is 4.39 Å². The van der Waals surface area contributed by atoms with Crippen LogP contribution in [0, 0.1) is 11.7 Å². The van der Waals surface area contributed by atoms with Crippen molar-refractivity contribution in [3.05, 3.63) is 34.1 Å². The highest BCUT2D eigenvalue weighted by molar-refractivity contribution is 9.10. The first-order chi connectivity index (χ1) is 10.1. The van der Waals surface area contributed by atoms with E-state index >= 15 is 0 Å². The fraction of sp³-hybridized carbons (Fsp3) is 0.625. The molecule has 0 amide bonds. The maximum absolute atomic E-state index is 13.6. The van der Waals surface area contributed by atoms with Crippen molar-refractivity contribution in [2.45, 2.75) is 37.3 Å². The Morgan fingerprint density at radius 2 is 2.00 bits per heavy atom. The quantitative estimate of drug-likeness (QED) is 0.879. The predicted molar refractivity (Wildman–Crippen MR) is 82.5 cm³/mol. The summed E-state index contributed by atoms with van der Waals surface area (Å²) in [6.45, 7) is 2.25. The highest BCUT2D eigenvalue weighted by atomic mass is 79.9. The Hall–Kier alpha value is -0.490. The zero-order valence-electron chi connectivity index (χ0n) is 12.0. The fourth-order valence-electron chi connectivity index (χ4n) is 3.50. The summed E-state index contributed by atoms with van der Waals surface area (Å²) < 4.78 is 25.8. The molecule has 116 valence electrons. The molecule has 1 aromatic carbocycles. The molecule has 0 aliphatic carbocycles. The molecule has 2 saturated heterocycles. The van der Waals surface area contributed by atoms with Gasteiger partial charge in [0.2, 0.25) is 0 Å². The summed E-state index contributed by atoms with van der Waals surface area (Å²) in [6, 6.07) is 4.77. The summed E-state index contributed by atoms with van der Waals surface area (Å²) in [6.07, 6.45) is 3.73. The van der Waals surface area contributed by atoms with Crippen LogP contribution in [0.5, 0.6) is 0 Å². The maximum atomic E-state index is 13.6. The Morgan fingerprint density at radius 1 is 1.24 bits per heavy atom. The van der Waals surface area contributed by atoms with E-state index in [0.717, 1.165) is 55.5 Å². The standard InChI is InChI=1S/C16H21BrFNO2/c17-13-7-12(8-14(18)9-13)15(19)11-1-4-21-16(10-11)2-5-20-6-3-16/h7-9,11,15H,1-6,10,19H2. The summed E-state index contributed by atoms with van der Waals surface area (Å²) in [5.74, 6) is 0.0771. The van der Waals surface area contributed by atoms with Crippen LogP contribution >= 0.6 is 15.9 Å². The van der Waals surface area contributed by atoms with Gasteiger partial charge < -0.3 is 15.2 Å². The largest absolute Gasteiger partial charge is 0.381 e. The first-order valence-corrected chi connectivity index (χ1v) is 8.31. The number of ether oxygens (including phenoxy) is 2. The monoisotopic (exact) mass is 357 g/mol. The Balaban J connectivity index is 1.76. The maximum Gasteiger partial charge on any atom is 0.124 e. The second kappa shape index (κ2) is 6.32. The zero-order chi connectivity index (χ0) is 14.9. The van der Waals surface area contributed by atoms with Gasteiger partial charge in [0.15, 0.2) is 0 Å². The molecular weight excluding hydrogens is 337 g/mol. The molecule has 2 aliphatic heterocycles. The van der Waals surface area contributed by atoms with E-state index < -0.39 is 0 Å². The number of hydrogen-bond acceptors (Lipinski definition) is 3. The first-order valence-electron chi connectivity index (χ1n) is 7.51. The van der Waals surface area contributed by atoms with Crippen molar-refractivity contribution in [2.75, 3.05) is 19.8 Å². The van der Waals surface area contributed by atoms with E-state index in [9.17, 15) is 4.39 Å². The summed E-state index contributed by atoms with van der Waals surface area (Å²) in [5, 5.41) is 0. The van der Waals surface area contributed by atoms with Crippen LogP contribution in [0.1, 0.15) is 37.3 Å². The van der Waals surface area contributed by atoms with Crippen LogP contribution in [-0.2, 0) is 9.47 Å². The minimum atomic E-state index is -0.248. The molecule has 2 aliphatic rings. The fourth-order valence-corrected chi connectivity index (χ4v) is 3.99. The molecule has 2 fully saturated rings. The van der Waals surface area contributed by atoms with Crippen molar-refractivity contribution in [2.24, 2.45) is 11.7 Å². The van der Waals surface area contributed by atoms with E-state index in [1.54, 1.807) is 6.07 Å². The highest BCUT2D eigenvalue weighted by Gasteiger charge is 2.40. The molecule has 1 spiro atoms. The molecule has 1 aromatic rings. The van der Waals surface area contributed by atoms with E-state index in [-0.39, 0.29) is 17.5 Å². The second-order valence-electron chi connectivity index (χ2n) is 6.13. The van der Waals surface area contributed by atoms with E-state index in [1.165, 1.54) is 6.07 Å². The van der Waals surface area contributed by atoms with Gasteiger partial charge >= 0.3 is 0 Å². The number of hydrogen-bond donors (Lipinski definition) is 1. The van der Waals surface area contributed by atoms with E-state index in [1.807, 2.05) is 6.07 Å².